The molecule has 0 radical (unpaired) electrons. The van der Waals surface area contributed by atoms with Crippen LogP contribution in [0.3, 0.4) is 0 Å². The van der Waals surface area contributed by atoms with Crippen molar-refractivity contribution in [3.05, 3.63) is 0 Å². The first-order valence-electron chi connectivity index (χ1n) is 4.18. The summed E-state index contributed by atoms with van der Waals surface area (Å²) in [6, 6.07) is 0. The molecule has 70 valence electrons. The Hall–Kier alpha value is -0.610. The van der Waals surface area contributed by atoms with E-state index >= 15 is 0 Å². The van der Waals surface area contributed by atoms with E-state index in [1.807, 2.05) is 0 Å². The van der Waals surface area contributed by atoms with Crippen LogP contribution in [0.5, 0.6) is 0 Å². The Morgan fingerprint density at radius 3 is 3.33 bits per heavy atom. The van der Waals surface area contributed by atoms with E-state index in [0.29, 0.717) is 13.0 Å². The third-order valence-electron chi connectivity index (χ3n) is 1.89. The molecule has 0 amide bonds. The van der Waals surface area contributed by atoms with E-state index in [2.05, 4.69) is 10.1 Å². The monoisotopic (exact) mass is 173 g/mol. The van der Waals surface area contributed by atoms with Crippen molar-refractivity contribution in [1.82, 2.24) is 5.32 Å². The Morgan fingerprint density at radius 1 is 1.75 bits per heavy atom. The van der Waals surface area contributed by atoms with E-state index in [4.69, 9.17) is 4.74 Å². The van der Waals surface area contributed by atoms with Crippen molar-refractivity contribution < 1.29 is 14.3 Å². The highest BCUT2D eigenvalue weighted by atomic mass is 16.5. The lowest BCUT2D eigenvalue weighted by Crippen LogP contribution is -2.25. The van der Waals surface area contributed by atoms with E-state index in [-0.39, 0.29) is 11.9 Å². The fraction of sp³-hybridized carbons (Fsp3) is 0.875. The van der Waals surface area contributed by atoms with Crippen molar-refractivity contribution >= 4 is 5.97 Å². The lowest BCUT2D eigenvalue weighted by molar-refractivity contribution is -0.142. The smallest absolute Gasteiger partial charge is 0.305 e. The highest BCUT2D eigenvalue weighted by Gasteiger charge is 2.16. The Bertz CT molecular complexity index is 141. The Morgan fingerprint density at radius 2 is 2.58 bits per heavy atom. The quantitative estimate of drug-likeness (QED) is 0.587. The molecule has 0 bridgehead atoms. The molecule has 1 atom stereocenters. The highest BCUT2D eigenvalue weighted by molar-refractivity contribution is 5.69. The Labute approximate surface area is 72.2 Å². The number of hydrogen-bond acceptors (Lipinski definition) is 4. The Balaban J connectivity index is 2.24. The van der Waals surface area contributed by atoms with Crippen LogP contribution in [0, 0.1) is 5.92 Å². The summed E-state index contributed by atoms with van der Waals surface area (Å²) < 4.78 is 9.85. The van der Waals surface area contributed by atoms with Gasteiger partial charge in [-0.05, 0) is 0 Å². The molecule has 12 heavy (non-hydrogen) atoms. The maximum Gasteiger partial charge on any atom is 0.305 e. The summed E-state index contributed by atoms with van der Waals surface area (Å²) in [6.45, 7) is 3.10. The van der Waals surface area contributed by atoms with Crippen LogP contribution in [0.15, 0.2) is 0 Å². The van der Waals surface area contributed by atoms with E-state index in [1.54, 1.807) is 0 Å². The SMILES string of the molecule is COC(=O)CC1CNCCOC1. The van der Waals surface area contributed by atoms with Crippen molar-refractivity contribution in [3.8, 4) is 0 Å². The zero-order chi connectivity index (χ0) is 8.81. The van der Waals surface area contributed by atoms with Crippen LogP contribution >= 0.6 is 0 Å². The third kappa shape index (κ3) is 3.19. The molecule has 1 aliphatic rings. The average Bonchev–Trinajstić information content (AvgIpc) is 2.33. The van der Waals surface area contributed by atoms with Gasteiger partial charge >= 0.3 is 5.97 Å². The largest absolute Gasteiger partial charge is 0.469 e. The van der Waals surface area contributed by atoms with Gasteiger partial charge in [-0.15, -0.1) is 0 Å². The van der Waals surface area contributed by atoms with E-state index in [0.717, 1.165) is 19.7 Å². The van der Waals surface area contributed by atoms with Crippen LogP contribution in [0.4, 0.5) is 0 Å². The van der Waals surface area contributed by atoms with Crippen molar-refractivity contribution in [1.29, 1.82) is 0 Å². The van der Waals surface area contributed by atoms with Gasteiger partial charge in [0.1, 0.15) is 0 Å². The highest BCUT2D eigenvalue weighted by Crippen LogP contribution is 2.05. The molecule has 4 nitrogen and oxygen atoms in total. The number of methoxy groups -OCH3 is 1. The second-order valence-corrected chi connectivity index (χ2v) is 2.93. The maximum atomic E-state index is 10.9. The van der Waals surface area contributed by atoms with Crippen LogP contribution in [-0.2, 0) is 14.3 Å². The molecule has 0 saturated carbocycles. The molecule has 0 spiro atoms. The molecule has 1 heterocycles. The number of carbonyl (C=O) groups is 1. The molecule has 0 aromatic heterocycles. The first-order chi connectivity index (χ1) is 5.83. The zero-order valence-electron chi connectivity index (χ0n) is 7.34. The molecular formula is C8H15NO3. The summed E-state index contributed by atoms with van der Waals surface area (Å²) in [5.41, 5.74) is 0. The van der Waals surface area contributed by atoms with Gasteiger partial charge in [-0.25, -0.2) is 0 Å². The van der Waals surface area contributed by atoms with Gasteiger partial charge in [0.05, 0.1) is 26.7 Å². The first kappa shape index (κ1) is 9.48. The second-order valence-electron chi connectivity index (χ2n) is 2.93. The second kappa shape index (κ2) is 5.11. The minimum atomic E-state index is -0.160. The van der Waals surface area contributed by atoms with E-state index in [9.17, 15) is 4.79 Å². The van der Waals surface area contributed by atoms with E-state index < -0.39 is 0 Å². The predicted octanol–water partition coefficient (Wildman–Crippen LogP) is -0.215. The van der Waals surface area contributed by atoms with Gasteiger partial charge in [0.2, 0.25) is 0 Å². The van der Waals surface area contributed by atoms with Crippen molar-refractivity contribution in [3.63, 3.8) is 0 Å². The lowest BCUT2D eigenvalue weighted by Gasteiger charge is -2.11. The van der Waals surface area contributed by atoms with E-state index in [1.165, 1.54) is 7.11 Å². The predicted molar refractivity (Wildman–Crippen MR) is 43.8 cm³/mol. The van der Waals surface area contributed by atoms with Crippen LogP contribution in [0.1, 0.15) is 6.42 Å². The van der Waals surface area contributed by atoms with Crippen LogP contribution < -0.4 is 5.32 Å². The van der Waals surface area contributed by atoms with Gasteiger partial charge < -0.3 is 14.8 Å². The number of hydrogen-bond donors (Lipinski definition) is 1. The Kier molecular flexibility index (Phi) is 4.04. The van der Waals surface area contributed by atoms with Gasteiger partial charge in [0.25, 0.3) is 0 Å². The minimum Gasteiger partial charge on any atom is -0.469 e. The summed E-state index contributed by atoms with van der Waals surface area (Å²) in [7, 11) is 1.41. The molecule has 1 unspecified atom stereocenters. The van der Waals surface area contributed by atoms with Crippen LogP contribution in [-0.4, -0.2) is 39.4 Å². The number of nitrogens with one attached hydrogen (secondary N) is 1. The molecular weight excluding hydrogens is 158 g/mol. The number of carbonyl (C=O) groups excluding carboxylic acids is 1. The molecule has 0 aromatic carbocycles. The molecule has 1 fully saturated rings. The summed E-state index contributed by atoms with van der Waals surface area (Å²) in [5, 5.41) is 3.19. The third-order valence-corrected chi connectivity index (χ3v) is 1.89. The van der Waals surface area contributed by atoms with Gasteiger partial charge in [0.15, 0.2) is 0 Å². The fourth-order valence-electron chi connectivity index (χ4n) is 1.21. The summed E-state index contributed by atoms with van der Waals surface area (Å²) >= 11 is 0. The van der Waals surface area contributed by atoms with Crippen molar-refractivity contribution in [2.24, 2.45) is 5.92 Å². The fourth-order valence-corrected chi connectivity index (χ4v) is 1.21. The van der Waals surface area contributed by atoms with Gasteiger partial charge in [0, 0.05) is 19.0 Å². The molecule has 1 aliphatic heterocycles. The average molecular weight is 173 g/mol. The number of esters is 1. The van der Waals surface area contributed by atoms with Gasteiger partial charge in [-0.1, -0.05) is 0 Å². The maximum absolute atomic E-state index is 10.9. The van der Waals surface area contributed by atoms with Crippen LogP contribution in [0.2, 0.25) is 0 Å². The number of rotatable bonds is 2. The van der Waals surface area contributed by atoms with Crippen molar-refractivity contribution in [2.45, 2.75) is 6.42 Å². The molecule has 1 N–H and O–H groups in total. The molecule has 4 heteroatoms. The van der Waals surface area contributed by atoms with Crippen LogP contribution in [0.25, 0.3) is 0 Å². The minimum absolute atomic E-state index is 0.160. The summed E-state index contributed by atoms with van der Waals surface area (Å²) in [6.07, 6.45) is 0.448. The topological polar surface area (TPSA) is 47.6 Å². The zero-order valence-corrected chi connectivity index (χ0v) is 7.34. The van der Waals surface area contributed by atoms with Gasteiger partial charge in [-0.2, -0.15) is 0 Å². The molecule has 1 rings (SSSR count). The molecule has 0 aliphatic carbocycles. The normalized spacial score (nSPS) is 24.6. The first-order valence-corrected chi connectivity index (χ1v) is 4.18. The number of ether oxygens (including phenoxy) is 2. The summed E-state index contributed by atoms with van der Waals surface area (Å²) in [5.74, 6) is 0.104. The standard InChI is InChI=1S/C8H15NO3/c1-11-8(10)4-7-5-9-2-3-12-6-7/h7,9H,2-6H2,1H3. The lowest BCUT2D eigenvalue weighted by atomic mass is 10.1. The molecule has 0 aromatic rings. The molecule has 1 saturated heterocycles. The summed E-state index contributed by atoms with van der Waals surface area (Å²) in [4.78, 5) is 10.9. The van der Waals surface area contributed by atoms with Gasteiger partial charge in [-0.3, -0.25) is 4.79 Å². The van der Waals surface area contributed by atoms with Crippen molar-refractivity contribution in [2.75, 3.05) is 33.4 Å².